The topological polar surface area (TPSA) is 22.1 Å². The van der Waals surface area contributed by atoms with Crippen LogP contribution in [0.2, 0.25) is 0 Å². The lowest BCUT2D eigenvalue weighted by atomic mass is 10.3. The molecule has 10 heteroatoms. The molecule has 0 aromatic carbocycles. The molecule has 0 aliphatic heterocycles. The Morgan fingerprint density at radius 3 is 2.12 bits per heavy atom. The molecule has 0 N–H and O–H groups in total. The predicted molar refractivity (Wildman–Crippen MR) is 56.3 cm³/mol. The van der Waals surface area contributed by atoms with E-state index in [4.69, 9.17) is 0 Å². The molecule has 2 nitrogen and oxygen atoms in total. The highest BCUT2D eigenvalue weighted by Gasteiger charge is 2.39. The van der Waals surface area contributed by atoms with Crippen molar-refractivity contribution in [1.29, 1.82) is 0 Å². The van der Waals surface area contributed by atoms with Crippen molar-refractivity contribution in [3.63, 3.8) is 0 Å². The summed E-state index contributed by atoms with van der Waals surface area (Å²) in [5, 5.41) is 0. The van der Waals surface area contributed by atoms with Gasteiger partial charge in [0.05, 0.1) is 4.47 Å². The normalized spacial score (nSPS) is 12.7. The molecule has 0 aliphatic rings. The van der Waals surface area contributed by atoms with Crippen molar-refractivity contribution in [2.24, 2.45) is 0 Å². The van der Waals surface area contributed by atoms with E-state index in [1.165, 1.54) is 22.6 Å². The number of nitrogens with zero attached hydrogens (tertiary/aromatic N) is 1. The van der Waals surface area contributed by atoms with Crippen LogP contribution in [0.25, 0.3) is 0 Å². The average Bonchev–Trinajstić information content (AvgIpc) is 2.06. The quantitative estimate of drug-likeness (QED) is 0.371. The van der Waals surface area contributed by atoms with Crippen molar-refractivity contribution in [3.8, 4) is 5.75 Å². The first kappa shape index (κ1) is 14.8. The Labute approximate surface area is 113 Å². The van der Waals surface area contributed by atoms with E-state index in [1.54, 1.807) is 0 Å². The molecule has 96 valence electrons. The minimum absolute atomic E-state index is 0.266. The van der Waals surface area contributed by atoms with Crippen molar-refractivity contribution in [1.82, 2.24) is 4.98 Å². The molecule has 0 fully saturated rings. The van der Waals surface area contributed by atoms with Gasteiger partial charge in [-0.25, -0.2) is 4.98 Å². The Morgan fingerprint density at radius 1 is 1.18 bits per heavy atom. The molecule has 0 spiro atoms. The monoisotopic (exact) mass is 435 g/mol. The largest absolute Gasteiger partial charge is 0.573 e. The lowest BCUT2D eigenvalue weighted by Gasteiger charge is -2.14. The molecule has 0 atom stereocenters. The van der Waals surface area contributed by atoms with Gasteiger partial charge in [0.25, 0.3) is 0 Å². The number of pyridine rings is 1. The van der Waals surface area contributed by atoms with Crippen LogP contribution in [0.15, 0.2) is 10.5 Å². The van der Waals surface area contributed by atoms with E-state index in [-0.39, 0.29) is 3.70 Å². The van der Waals surface area contributed by atoms with E-state index in [1.807, 2.05) is 0 Å². The van der Waals surface area contributed by atoms with Crippen molar-refractivity contribution in [2.75, 3.05) is 0 Å². The maximum Gasteiger partial charge on any atom is 0.573 e. The summed E-state index contributed by atoms with van der Waals surface area (Å²) < 4.78 is 75.3. The van der Waals surface area contributed by atoms with Gasteiger partial charge in [-0.2, -0.15) is 13.2 Å². The SMILES string of the molecule is FC(F)(F)Oc1cc(I)nc(C(F)(F)F)c1Br. The summed E-state index contributed by atoms with van der Waals surface area (Å²) in [5.74, 6) is -0.982. The van der Waals surface area contributed by atoms with Gasteiger partial charge in [0, 0.05) is 6.07 Å². The fraction of sp³-hybridized carbons (Fsp3) is 0.286. The molecule has 1 rings (SSSR count). The number of rotatable bonds is 1. The van der Waals surface area contributed by atoms with Crippen LogP contribution < -0.4 is 4.74 Å². The molecule has 0 saturated carbocycles. The van der Waals surface area contributed by atoms with Gasteiger partial charge in [-0.05, 0) is 38.5 Å². The Kier molecular flexibility index (Phi) is 4.16. The molecular formula is C7HBrF6INO. The van der Waals surface area contributed by atoms with Gasteiger partial charge in [-0.1, -0.05) is 0 Å². The summed E-state index contributed by atoms with van der Waals surface area (Å²) in [5.41, 5.74) is -1.47. The van der Waals surface area contributed by atoms with Crippen LogP contribution in [0, 0.1) is 3.70 Å². The summed E-state index contributed by atoms with van der Waals surface area (Å²) in [7, 11) is 0. The Morgan fingerprint density at radius 2 is 1.71 bits per heavy atom. The predicted octanol–water partition coefficient (Wildman–Crippen LogP) is 4.37. The second kappa shape index (κ2) is 4.78. The average molecular weight is 436 g/mol. The van der Waals surface area contributed by atoms with Gasteiger partial charge in [0.15, 0.2) is 5.69 Å². The molecule has 0 amide bonds. The molecule has 17 heavy (non-hydrogen) atoms. The maximum atomic E-state index is 12.4. The fourth-order valence-corrected chi connectivity index (χ4v) is 1.90. The third kappa shape index (κ3) is 4.16. The number of hydrogen-bond donors (Lipinski definition) is 0. The number of alkyl halides is 6. The first-order valence-electron chi connectivity index (χ1n) is 3.69. The minimum atomic E-state index is -5.07. The smallest absolute Gasteiger partial charge is 0.404 e. The molecule has 0 aliphatic carbocycles. The van der Waals surface area contributed by atoms with E-state index < -0.39 is 28.5 Å². The van der Waals surface area contributed by atoms with Crippen molar-refractivity contribution < 1.29 is 31.1 Å². The summed E-state index contributed by atoms with van der Waals surface area (Å²) in [6, 6.07) is 0.743. The number of aromatic nitrogens is 1. The summed E-state index contributed by atoms with van der Waals surface area (Å²) >= 11 is 3.75. The molecule has 1 heterocycles. The second-order valence-electron chi connectivity index (χ2n) is 2.65. The van der Waals surface area contributed by atoms with Gasteiger partial charge < -0.3 is 4.74 Å². The van der Waals surface area contributed by atoms with Gasteiger partial charge in [-0.15, -0.1) is 13.2 Å². The number of ether oxygens (including phenoxy) is 1. The van der Waals surface area contributed by atoms with Crippen LogP contribution in [0.1, 0.15) is 5.69 Å². The Balaban J connectivity index is 3.29. The molecule has 0 bridgehead atoms. The van der Waals surface area contributed by atoms with Crippen LogP contribution in [0.5, 0.6) is 5.75 Å². The fourth-order valence-electron chi connectivity index (χ4n) is 0.863. The molecule has 0 unspecified atom stereocenters. The molecule has 0 saturated heterocycles. The van der Waals surface area contributed by atoms with E-state index in [0.717, 1.165) is 6.07 Å². The molecule has 1 aromatic heterocycles. The molecular weight excluding hydrogens is 435 g/mol. The van der Waals surface area contributed by atoms with Crippen molar-refractivity contribution in [3.05, 3.63) is 19.9 Å². The van der Waals surface area contributed by atoms with Crippen molar-refractivity contribution >= 4 is 38.5 Å². The van der Waals surface area contributed by atoms with Crippen LogP contribution in [-0.4, -0.2) is 11.3 Å². The third-order valence-electron chi connectivity index (χ3n) is 1.39. The van der Waals surface area contributed by atoms with E-state index >= 15 is 0 Å². The highest BCUT2D eigenvalue weighted by atomic mass is 127. The lowest BCUT2D eigenvalue weighted by Crippen LogP contribution is -2.19. The van der Waals surface area contributed by atoms with Crippen LogP contribution in [-0.2, 0) is 6.18 Å². The van der Waals surface area contributed by atoms with E-state index in [9.17, 15) is 26.3 Å². The van der Waals surface area contributed by atoms with E-state index in [2.05, 4.69) is 25.7 Å². The zero-order valence-corrected chi connectivity index (χ0v) is 11.2. The van der Waals surface area contributed by atoms with Gasteiger partial charge in [0.2, 0.25) is 0 Å². The second-order valence-corrected chi connectivity index (χ2v) is 4.55. The van der Waals surface area contributed by atoms with Crippen molar-refractivity contribution in [2.45, 2.75) is 12.5 Å². The van der Waals surface area contributed by atoms with Gasteiger partial charge in [-0.3, -0.25) is 0 Å². The summed E-state index contributed by atoms with van der Waals surface area (Å²) in [6.07, 6.45) is -9.94. The lowest BCUT2D eigenvalue weighted by molar-refractivity contribution is -0.275. The zero-order chi connectivity index (χ0) is 13.4. The Hall–Kier alpha value is -0.260. The standard InChI is InChI=1S/C7HBrF6INO/c8-4-2(17-7(12,13)14)1-3(15)16-5(4)6(9,10)11/h1H. The summed E-state index contributed by atoms with van der Waals surface area (Å²) in [4.78, 5) is 3.10. The van der Waals surface area contributed by atoms with Gasteiger partial charge >= 0.3 is 12.5 Å². The highest BCUT2D eigenvalue weighted by Crippen LogP contribution is 2.40. The van der Waals surface area contributed by atoms with Crippen LogP contribution in [0.4, 0.5) is 26.3 Å². The first-order valence-corrected chi connectivity index (χ1v) is 5.57. The zero-order valence-electron chi connectivity index (χ0n) is 7.46. The highest BCUT2D eigenvalue weighted by molar-refractivity contribution is 14.1. The third-order valence-corrected chi connectivity index (χ3v) is 2.71. The number of halogens is 8. The van der Waals surface area contributed by atoms with Gasteiger partial charge in [0.1, 0.15) is 9.45 Å². The number of hydrogen-bond acceptors (Lipinski definition) is 2. The van der Waals surface area contributed by atoms with E-state index in [0.29, 0.717) is 0 Å². The Bertz CT molecular complexity index is 432. The maximum absolute atomic E-state index is 12.4. The minimum Gasteiger partial charge on any atom is -0.404 e. The first-order chi connectivity index (χ1) is 7.50. The summed E-state index contributed by atoms with van der Waals surface area (Å²) in [6.45, 7) is 0. The molecule has 0 radical (unpaired) electrons. The van der Waals surface area contributed by atoms with Crippen LogP contribution in [0.3, 0.4) is 0 Å². The van der Waals surface area contributed by atoms with Crippen LogP contribution >= 0.6 is 38.5 Å². The molecule has 1 aromatic rings.